The Balaban J connectivity index is 1.88. The molecular weight excluding hydrogens is 317 g/mol. The fourth-order valence-corrected chi connectivity index (χ4v) is 3.19. The van der Waals surface area contributed by atoms with Crippen molar-refractivity contribution in [1.29, 1.82) is 0 Å². The first-order valence-corrected chi connectivity index (χ1v) is 7.56. The van der Waals surface area contributed by atoms with Crippen molar-refractivity contribution in [3.05, 3.63) is 0 Å². The number of carbonyl (C=O) groups is 3. The van der Waals surface area contributed by atoms with Gasteiger partial charge in [0.2, 0.25) is 11.8 Å². The Morgan fingerprint density at radius 3 is 2.48 bits per heavy atom. The van der Waals surface area contributed by atoms with E-state index in [-0.39, 0.29) is 19.4 Å². The second-order valence-corrected chi connectivity index (χ2v) is 6.12. The molecule has 6 nitrogen and oxygen atoms in total. The predicted molar refractivity (Wildman–Crippen MR) is 72.3 cm³/mol. The van der Waals surface area contributed by atoms with E-state index in [1.807, 2.05) is 0 Å². The third kappa shape index (κ3) is 4.59. The van der Waals surface area contributed by atoms with E-state index in [1.165, 1.54) is 0 Å². The van der Waals surface area contributed by atoms with Gasteiger partial charge in [0.15, 0.2) is 0 Å². The number of nitrogens with zero attached hydrogens (tertiary/aromatic N) is 1. The van der Waals surface area contributed by atoms with E-state index in [0.717, 1.165) is 0 Å². The summed E-state index contributed by atoms with van der Waals surface area (Å²) < 4.78 is 37.0. The number of hydrogen-bond acceptors (Lipinski definition) is 3. The second kappa shape index (κ2) is 6.76. The van der Waals surface area contributed by atoms with Gasteiger partial charge in [-0.25, -0.2) is 0 Å². The van der Waals surface area contributed by atoms with E-state index in [4.69, 9.17) is 5.11 Å². The molecule has 130 valence electrons. The van der Waals surface area contributed by atoms with Crippen LogP contribution < -0.4 is 5.32 Å². The quantitative estimate of drug-likeness (QED) is 0.806. The Morgan fingerprint density at radius 1 is 1.22 bits per heavy atom. The van der Waals surface area contributed by atoms with E-state index in [1.54, 1.807) is 0 Å². The van der Waals surface area contributed by atoms with Crippen LogP contribution in [0.1, 0.15) is 32.1 Å². The third-order valence-electron chi connectivity index (χ3n) is 4.38. The molecule has 3 atom stereocenters. The number of likely N-dealkylation sites (tertiary alicyclic amines) is 1. The third-order valence-corrected chi connectivity index (χ3v) is 4.38. The highest BCUT2D eigenvalue weighted by Gasteiger charge is 2.41. The summed E-state index contributed by atoms with van der Waals surface area (Å²) in [7, 11) is 0. The number of alkyl halides is 3. The first-order chi connectivity index (χ1) is 10.7. The maximum Gasteiger partial charge on any atom is 0.406 e. The summed E-state index contributed by atoms with van der Waals surface area (Å²) in [6.07, 6.45) is -2.48. The number of aliphatic carboxylic acids is 1. The molecule has 2 aliphatic rings. The standard InChI is InChI=1S/C14H19F3N2O4/c15-14(16,17)7-19-5-4-10(12(19)21)18-11(20)8-2-1-3-9(6-8)13(22)23/h8-10H,1-7H2,(H,18,20)(H,22,23). The first-order valence-electron chi connectivity index (χ1n) is 7.56. The van der Waals surface area contributed by atoms with Crippen LogP contribution in [0.4, 0.5) is 13.2 Å². The molecule has 1 aliphatic carbocycles. The molecule has 1 saturated carbocycles. The minimum atomic E-state index is -4.47. The van der Waals surface area contributed by atoms with Crippen molar-refractivity contribution in [2.45, 2.75) is 44.3 Å². The molecule has 0 bridgehead atoms. The average molecular weight is 336 g/mol. The topological polar surface area (TPSA) is 86.7 Å². The fourth-order valence-electron chi connectivity index (χ4n) is 3.19. The molecule has 2 N–H and O–H groups in total. The summed E-state index contributed by atoms with van der Waals surface area (Å²) >= 11 is 0. The zero-order valence-electron chi connectivity index (χ0n) is 12.4. The highest BCUT2D eigenvalue weighted by Crippen LogP contribution is 2.30. The van der Waals surface area contributed by atoms with Gasteiger partial charge in [0, 0.05) is 12.5 Å². The van der Waals surface area contributed by atoms with Crippen molar-refractivity contribution in [3.8, 4) is 0 Å². The lowest BCUT2D eigenvalue weighted by atomic mass is 9.81. The van der Waals surface area contributed by atoms with Crippen molar-refractivity contribution in [2.75, 3.05) is 13.1 Å². The number of carboxylic acids is 1. The summed E-state index contributed by atoms with van der Waals surface area (Å²) in [5.41, 5.74) is 0. The Bertz CT molecular complexity index is 495. The highest BCUT2D eigenvalue weighted by atomic mass is 19.4. The van der Waals surface area contributed by atoms with Gasteiger partial charge in [-0.3, -0.25) is 14.4 Å². The number of amides is 2. The molecule has 3 unspecified atom stereocenters. The molecule has 23 heavy (non-hydrogen) atoms. The predicted octanol–water partition coefficient (Wildman–Crippen LogP) is 1.16. The van der Waals surface area contributed by atoms with Gasteiger partial charge in [-0.15, -0.1) is 0 Å². The van der Waals surface area contributed by atoms with E-state index in [0.29, 0.717) is 24.2 Å². The van der Waals surface area contributed by atoms with E-state index < -0.39 is 48.4 Å². The highest BCUT2D eigenvalue weighted by molar-refractivity contribution is 5.90. The normalized spacial score (nSPS) is 28.7. The summed E-state index contributed by atoms with van der Waals surface area (Å²) in [6.45, 7) is -1.37. The SMILES string of the molecule is O=C(O)C1CCCC(C(=O)NC2CCN(CC(F)(F)F)C2=O)C1. The number of carboxylic acid groups (broad SMARTS) is 1. The maximum atomic E-state index is 12.3. The Labute approximate surface area is 131 Å². The molecule has 0 aromatic carbocycles. The lowest BCUT2D eigenvalue weighted by Crippen LogP contribution is -2.46. The molecule has 0 radical (unpaired) electrons. The van der Waals surface area contributed by atoms with Crippen LogP contribution in [0.2, 0.25) is 0 Å². The Morgan fingerprint density at radius 2 is 1.87 bits per heavy atom. The number of carbonyl (C=O) groups excluding carboxylic acids is 2. The summed E-state index contributed by atoms with van der Waals surface area (Å²) in [5.74, 6) is -3.21. The van der Waals surface area contributed by atoms with Gasteiger partial charge >= 0.3 is 12.1 Å². The van der Waals surface area contributed by atoms with Crippen LogP contribution in [0.5, 0.6) is 0 Å². The summed E-state index contributed by atoms with van der Waals surface area (Å²) in [5, 5.41) is 11.5. The second-order valence-electron chi connectivity index (χ2n) is 6.12. The fraction of sp³-hybridized carbons (Fsp3) is 0.786. The molecule has 1 heterocycles. The lowest BCUT2D eigenvalue weighted by molar-refractivity contribution is -0.158. The van der Waals surface area contributed by atoms with Crippen LogP contribution in [-0.2, 0) is 14.4 Å². The van der Waals surface area contributed by atoms with Gasteiger partial charge < -0.3 is 15.3 Å². The maximum absolute atomic E-state index is 12.3. The summed E-state index contributed by atoms with van der Waals surface area (Å²) in [4.78, 5) is 35.7. The van der Waals surface area contributed by atoms with Gasteiger partial charge in [0.1, 0.15) is 12.6 Å². The Kier molecular flexibility index (Phi) is 5.16. The molecule has 9 heteroatoms. The largest absolute Gasteiger partial charge is 0.481 e. The molecule has 0 spiro atoms. The van der Waals surface area contributed by atoms with Crippen molar-refractivity contribution in [2.24, 2.45) is 11.8 Å². The zero-order chi connectivity index (χ0) is 17.2. The number of rotatable bonds is 4. The first kappa shape index (κ1) is 17.6. The van der Waals surface area contributed by atoms with Gasteiger partial charge in [-0.05, 0) is 25.7 Å². The summed E-state index contributed by atoms with van der Waals surface area (Å²) in [6, 6.07) is -0.949. The van der Waals surface area contributed by atoms with Crippen molar-refractivity contribution in [3.63, 3.8) is 0 Å². The minimum absolute atomic E-state index is 0.0499. The van der Waals surface area contributed by atoms with E-state index in [2.05, 4.69) is 5.32 Å². The molecule has 2 rings (SSSR count). The van der Waals surface area contributed by atoms with Crippen LogP contribution in [-0.4, -0.2) is 53.1 Å². The van der Waals surface area contributed by atoms with Gasteiger partial charge in [-0.2, -0.15) is 13.2 Å². The molecule has 0 aromatic rings. The minimum Gasteiger partial charge on any atom is -0.481 e. The van der Waals surface area contributed by atoms with E-state index in [9.17, 15) is 27.6 Å². The van der Waals surface area contributed by atoms with Gasteiger partial charge in [0.05, 0.1) is 5.92 Å². The molecule has 1 aliphatic heterocycles. The Hall–Kier alpha value is -1.80. The van der Waals surface area contributed by atoms with Crippen LogP contribution in [0, 0.1) is 11.8 Å². The van der Waals surface area contributed by atoms with Crippen LogP contribution in [0.3, 0.4) is 0 Å². The van der Waals surface area contributed by atoms with E-state index >= 15 is 0 Å². The smallest absolute Gasteiger partial charge is 0.406 e. The van der Waals surface area contributed by atoms with Gasteiger partial charge in [-0.1, -0.05) is 6.42 Å². The van der Waals surface area contributed by atoms with Crippen molar-refractivity contribution in [1.82, 2.24) is 10.2 Å². The lowest BCUT2D eigenvalue weighted by Gasteiger charge is -2.26. The van der Waals surface area contributed by atoms with Crippen molar-refractivity contribution < 1.29 is 32.7 Å². The molecule has 1 saturated heterocycles. The van der Waals surface area contributed by atoms with Crippen molar-refractivity contribution >= 4 is 17.8 Å². The van der Waals surface area contributed by atoms with Crippen LogP contribution >= 0.6 is 0 Å². The average Bonchev–Trinajstić information content (AvgIpc) is 2.78. The number of halogens is 3. The molecule has 2 amide bonds. The van der Waals surface area contributed by atoms with Crippen LogP contribution in [0.15, 0.2) is 0 Å². The zero-order valence-corrected chi connectivity index (χ0v) is 12.4. The van der Waals surface area contributed by atoms with Crippen LogP contribution in [0.25, 0.3) is 0 Å². The monoisotopic (exact) mass is 336 g/mol. The molecule has 2 fully saturated rings. The van der Waals surface area contributed by atoms with Gasteiger partial charge in [0.25, 0.3) is 0 Å². The molecular formula is C14H19F3N2O4. The number of nitrogens with one attached hydrogen (secondary N) is 1. The molecule has 0 aromatic heterocycles. The number of hydrogen-bond donors (Lipinski definition) is 2.